The number of nitrogens with one attached hydrogen (secondary N) is 1. The summed E-state index contributed by atoms with van der Waals surface area (Å²) >= 11 is 1.93. The zero-order valence-corrected chi connectivity index (χ0v) is 17.8. The van der Waals surface area contributed by atoms with Crippen LogP contribution in [0.5, 0.6) is 0 Å². The number of anilines is 1. The van der Waals surface area contributed by atoms with Gasteiger partial charge in [0.25, 0.3) is 5.91 Å². The number of benzene rings is 2. The Bertz CT molecular complexity index is 838. The van der Waals surface area contributed by atoms with E-state index in [1.807, 2.05) is 22.6 Å². The maximum atomic E-state index is 13.2. The number of nitrogens with zero attached hydrogens (tertiary/aromatic N) is 1. The number of rotatable bonds is 4. The van der Waals surface area contributed by atoms with Gasteiger partial charge in [0, 0.05) is 20.7 Å². The predicted molar refractivity (Wildman–Crippen MR) is 115 cm³/mol. The number of piperidine rings is 1. The van der Waals surface area contributed by atoms with Crippen molar-refractivity contribution in [3.8, 4) is 0 Å². The van der Waals surface area contributed by atoms with Crippen molar-refractivity contribution in [1.82, 2.24) is 4.90 Å². The van der Waals surface area contributed by atoms with Gasteiger partial charge in [-0.05, 0) is 85.9 Å². The Morgan fingerprint density at radius 3 is 2.52 bits per heavy atom. The van der Waals surface area contributed by atoms with E-state index >= 15 is 0 Å². The number of ketones is 1. The van der Waals surface area contributed by atoms with Crippen LogP contribution in [0.15, 0.2) is 42.5 Å². The van der Waals surface area contributed by atoms with Crippen molar-refractivity contribution in [1.29, 1.82) is 0 Å². The van der Waals surface area contributed by atoms with Gasteiger partial charge in [-0.2, -0.15) is 0 Å². The summed E-state index contributed by atoms with van der Waals surface area (Å²) in [5, 5.41) is 2.80. The lowest BCUT2D eigenvalue weighted by Crippen LogP contribution is -2.33. The second-order valence-corrected chi connectivity index (χ2v) is 7.76. The Kier molecular flexibility index (Phi) is 7.76. The standard InChI is InChI=1S/C20H20FIN2O2.ClH/c1-24-9-7-13(8-10-24)19(25)14-3-2-4-16(11-14)23-20(26)17-6-5-15(21)12-18(17)22;/h2-6,11-13H,7-10H2,1H3,(H,23,26);1H. The minimum Gasteiger partial charge on any atom is -0.322 e. The van der Waals surface area contributed by atoms with Crippen molar-refractivity contribution < 1.29 is 14.0 Å². The lowest BCUT2D eigenvalue weighted by Gasteiger charge is -2.28. The monoisotopic (exact) mass is 502 g/mol. The third kappa shape index (κ3) is 5.49. The van der Waals surface area contributed by atoms with Gasteiger partial charge in [-0.25, -0.2) is 4.39 Å². The average Bonchev–Trinajstić information content (AvgIpc) is 2.62. The first kappa shape index (κ1) is 21.8. The number of amides is 1. The molecule has 1 N–H and O–H groups in total. The molecule has 1 saturated heterocycles. The minimum absolute atomic E-state index is 0. The van der Waals surface area contributed by atoms with Gasteiger partial charge in [-0.3, -0.25) is 9.59 Å². The summed E-state index contributed by atoms with van der Waals surface area (Å²) in [5.74, 6) is -0.532. The van der Waals surface area contributed by atoms with Crippen LogP contribution >= 0.6 is 35.0 Å². The van der Waals surface area contributed by atoms with Gasteiger partial charge in [0.1, 0.15) is 5.82 Å². The molecule has 2 aromatic rings. The second-order valence-electron chi connectivity index (χ2n) is 6.60. The number of hydrogen-bond acceptors (Lipinski definition) is 3. The van der Waals surface area contributed by atoms with Gasteiger partial charge >= 0.3 is 0 Å². The van der Waals surface area contributed by atoms with E-state index in [-0.39, 0.29) is 35.8 Å². The molecule has 1 amide bonds. The van der Waals surface area contributed by atoms with Crippen molar-refractivity contribution in [3.63, 3.8) is 0 Å². The molecule has 0 radical (unpaired) electrons. The fraction of sp³-hybridized carbons (Fsp3) is 0.300. The number of Topliss-reactive ketones (excluding diaryl/α,β-unsaturated/α-hetero) is 1. The first-order valence-corrected chi connectivity index (χ1v) is 9.61. The lowest BCUT2D eigenvalue weighted by atomic mass is 9.89. The molecule has 144 valence electrons. The first-order valence-electron chi connectivity index (χ1n) is 8.53. The van der Waals surface area contributed by atoms with Crippen molar-refractivity contribution in [3.05, 3.63) is 63.0 Å². The molecule has 0 atom stereocenters. The van der Waals surface area contributed by atoms with Gasteiger partial charge < -0.3 is 10.2 Å². The van der Waals surface area contributed by atoms with E-state index in [1.54, 1.807) is 24.3 Å². The molecule has 1 fully saturated rings. The maximum absolute atomic E-state index is 13.2. The molecule has 0 bridgehead atoms. The molecule has 1 aliphatic heterocycles. The van der Waals surface area contributed by atoms with Gasteiger partial charge in [0.2, 0.25) is 0 Å². The second kappa shape index (κ2) is 9.61. The Hall–Kier alpha value is -1.51. The van der Waals surface area contributed by atoms with Crippen LogP contribution in [0.1, 0.15) is 33.6 Å². The summed E-state index contributed by atoms with van der Waals surface area (Å²) < 4.78 is 13.7. The van der Waals surface area contributed by atoms with E-state index in [0.29, 0.717) is 20.4 Å². The molecule has 1 heterocycles. The van der Waals surface area contributed by atoms with Gasteiger partial charge in [-0.1, -0.05) is 12.1 Å². The van der Waals surface area contributed by atoms with Crippen LogP contribution in [0, 0.1) is 15.3 Å². The zero-order chi connectivity index (χ0) is 18.7. The number of halogens is 3. The van der Waals surface area contributed by atoms with Gasteiger partial charge in [0.05, 0.1) is 5.56 Å². The number of carbonyl (C=O) groups excluding carboxylic acids is 2. The zero-order valence-electron chi connectivity index (χ0n) is 14.9. The van der Waals surface area contributed by atoms with Crippen molar-refractivity contribution in [2.75, 3.05) is 25.5 Å². The Labute approximate surface area is 178 Å². The normalized spacial score (nSPS) is 15.1. The predicted octanol–water partition coefficient (Wildman–Crippen LogP) is 4.63. The van der Waals surface area contributed by atoms with Crippen LogP contribution in [-0.2, 0) is 0 Å². The first-order chi connectivity index (χ1) is 12.4. The number of hydrogen-bond donors (Lipinski definition) is 1. The third-order valence-electron chi connectivity index (χ3n) is 4.67. The Morgan fingerprint density at radius 2 is 1.85 bits per heavy atom. The Balaban J connectivity index is 0.00000261. The van der Waals surface area contributed by atoms with Gasteiger partial charge in [0.15, 0.2) is 5.78 Å². The van der Waals surface area contributed by atoms with Crippen molar-refractivity contribution >= 4 is 52.4 Å². The fourth-order valence-corrected chi connectivity index (χ4v) is 3.85. The molecule has 0 aliphatic carbocycles. The maximum Gasteiger partial charge on any atom is 0.256 e. The highest BCUT2D eigenvalue weighted by molar-refractivity contribution is 14.1. The fourth-order valence-electron chi connectivity index (χ4n) is 3.13. The molecule has 27 heavy (non-hydrogen) atoms. The van der Waals surface area contributed by atoms with Crippen LogP contribution in [0.2, 0.25) is 0 Å². The van der Waals surface area contributed by atoms with E-state index in [0.717, 1.165) is 25.9 Å². The summed E-state index contributed by atoms with van der Waals surface area (Å²) in [7, 11) is 2.06. The van der Waals surface area contributed by atoms with Crippen molar-refractivity contribution in [2.45, 2.75) is 12.8 Å². The molecule has 3 rings (SSSR count). The summed E-state index contributed by atoms with van der Waals surface area (Å²) in [6.45, 7) is 1.85. The summed E-state index contributed by atoms with van der Waals surface area (Å²) in [4.78, 5) is 27.4. The summed E-state index contributed by atoms with van der Waals surface area (Å²) in [6, 6.07) is 11.1. The van der Waals surface area contributed by atoms with E-state index in [2.05, 4.69) is 17.3 Å². The molecule has 0 aromatic heterocycles. The molecular formula is C20H21ClFIN2O2. The highest BCUT2D eigenvalue weighted by Crippen LogP contribution is 2.23. The van der Waals surface area contributed by atoms with Gasteiger partial charge in [-0.15, -0.1) is 12.4 Å². The van der Waals surface area contributed by atoms with E-state index in [1.165, 1.54) is 18.2 Å². The highest BCUT2D eigenvalue weighted by Gasteiger charge is 2.24. The molecule has 4 nitrogen and oxygen atoms in total. The van der Waals surface area contributed by atoms with E-state index in [9.17, 15) is 14.0 Å². The molecule has 2 aromatic carbocycles. The van der Waals surface area contributed by atoms with E-state index < -0.39 is 0 Å². The third-order valence-corrected chi connectivity index (χ3v) is 5.56. The van der Waals surface area contributed by atoms with E-state index in [4.69, 9.17) is 0 Å². The molecular weight excluding hydrogens is 482 g/mol. The minimum atomic E-state index is -0.378. The largest absolute Gasteiger partial charge is 0.322 e. The summed E-state index contributed by atoms with van der Waals surface area (Å²) in [6.07, 6.45) is 1.72. The number of likely N-dealkylation sites (tertiary alicyclic amines) is 1. The lowest BCUT2D eigenvalue weighted by molar-refractivity contribution is 0.0856. The van der Waals surface area contributed by atoms with Crippen LogP contribution < -0.4 is 5.32 Å². The smallest absolute Gasteiger partial charge is 0.256 e. The summed E-state index contributed by atoms with van der Waals surface area (Å²) in [5.41, 5.74) is 1.58. The Morgan fingerprint density at radius 1 is 1.15 bits per heavy atom. The molecule has 0 unspecified atom stereocenters. The molecule has 1 aliphatic rings. The number of carbonyl (C=O) groups is 2. The SMILES string of the molecule is CN1CCC(C(=O)c2cccc(NC(=O)c3ccc(F)cc3I)c2)CC1.Cl. The van der Waals surface area contributed by atoms with Crippen LogP contribution in [-0.4, -0.2) is 36.7 Å². The van der Waals surface area contributed by atoms with Crippen LogP contribution in [0.25, 0.3) is 0 Å². The van der Waals surface area contributed by atoms with Crippen molar-refractivity contribution in [2.24, 2.45) is 5.92 Å². The average molecular weight is 503 g/mol. The highest BCUT2D eigenvalue weighted by atomic mass is 127. The molecule has 0 saturated carbocycles. The van der Waals surface area contributed by atoms with Crippen LogP contribution in [0.3, 0.4) is 0 Å². The molecule has 0 spiro atoms. The quantitative estimate of drug-likeness (QED) is 0.490. The molecule has 7 heteroatoms. The van der Waals surface area contributed by atoms with Crippen LogP contribution in [0.4, 0.5) is 10.1 Å². The topological polar surface area (TPSA) is 49.4 Å².